The minimum atomic E-state index is -5.25. The van der Waals surface area contributed by atoms with E-state index >= 15 is 0 Å². The molecule has 0 aromatic rings. The van der Waals surface area contributed by atoms with Crippen LogP contribution < -0.4 is 9.79 Å². The Balaban J connectivity index is 3.89. The fourth-order valence-electron chi connectivity index (χ4n) is 6.13. The highest BCUT2D eigenvalue weighted by Crippen LogP contribution is 2.25. The zero-order valence-electron chi connectivity index (χ0n) is 32.5. The lowest BCUT2D eigenvalue weighted by atomic mass is 10.0. The van der Waals surface area contributed by atoms with Gasteiger partial charge >= 0.3 is 11.9 Å². The molecule has 0 aromatic heterocycles. The molecule has 50 heavy (non-hydrogen) atoms. The van der Waals surface area contributed by atoms with Crippen LogP contribution in [0.5, 0.6) is 0 Å². The van der Waals surface area contributed by atoms with E-state index < -0.39 is 32.5 Å². The first-order chi connectivity index (χ1) is 24.3. The van der Waals surface area contributed by atoms with E-state index in [4.69, 9.17) is 9.47 Å². The van der Waals surface area contributed by atoms with Gasteiger partial charge in [0, 0.05) is 12.8 Å². The predicted molar refractivity (Wildman–Crippen MR) is 203 cm³/mol. The van der Waals surface area contributed by atoms with Gasteiger partial charge in [0.15, 0.2) is 6.10 Å². The van der Waals surface area contributed by atoms with Crippen molar-refractivity contribution < 1.29 is 37.9 Å². The maximum Gasteiger partial charge on any atom is 0.306 e. The van der Waals surface area contributed by atoms with Crippen molar-refractivity contribution in [3.63, 3.8) is 0 Å². The number of rotatable bonds is 39. The van der Waals surface area contributed by atoms with Gasteiger partial charge in [-0.2, -0.15) is 0 Å². The summed E-state index contributed by atoms with van der Waals surface area (Å²) in [7, 11) is -5.25. The molecular weight excluding hydrogens is 651 g/mol. The van der Waals surface area contributed by atoms with Crippen molar-refractivity contribution >= 4 is 19.8 Å². The van der Waals surface area contributed by atoms with Crippen LogP contribution in [0.15, 0.2) is 12.2 Å². The van der Waals surface area contributed by atoms with E-state index in [9.17, 15) is 23.9 Å². The van der Waals surface area contributed by atoms with Crippen LogP contribution in [0, 0.1) is 0 Å². The molecule has 0 heterocycles. The van der Waals surface area contributed by atoms with Gasteiger partial charge in [0.25, 0.3) is 0 Å². The van der Waals surface area contributed by atoms with E-state index in [1.165, 1.54) is 128 Å². The van der Waals surface area contributed by atoms with Gasteiger partial charge in [-0.3, -0.25) is 9.59 Å². The summed E-state index contributed by atoms with van der Waals surface area (Å²) in [6.07, 6.45) is 40.3. The molecule has 0 amide bonds. The van der Waals surface area contributed by atoms with Crippen molar-refractivity contribution in [3.05, 3.63) is 12.2 Å². The number of phosphoric ester groups is 1. The van der Waals surface area contributed by atoms with Crippen LogP contribution in [0.4, 0.5) is 0 Å². The number of phosphoric acid groups is 1. The van der Waals surface area contributed by atoms with E-state index in [1.54, 1.807) is 0 Å². The molecule has 0 radical (unpaired) electrons. The van der Waals surface area contributed by atoms with Crippen molar-refractivity contribution in [1.29, 1.82) is 0 Å². The molecule has 0 unspecified atom stereocenters. The first-order valence-corrected chi connectivity index (χ1v) is 22.4. The third kappa shape index (κ3) is 39.6. The van der Waals surface area contributed by atoms with Gasteiger partial charge < -0.3 is 28.3 Å². The van der Waals surface area contributed by atoms with E-state index in [2.05, 4.69) is 30.5 Å². The van der Waals surface area contributed by atoms with E-state index in [0.29, 0.717) is 12.8 Å². The van der Waals surface area contributed by atoms with Gasteiger partial charge in [-0.15, -0.1) is 0 Å². The largest absolute Gasteiger partial charge is 0.790 e. The molecule has 0 aromatic carbocycles. The van der Waals surface area contributed by atoms with Crippen LogP contribution in [-0.2, 0) is 28.2 Å². The van der Waals surface area contributed by atoms with Crippen molar-refractivity contribution in [1.82, 2.24) is 0 Å². The Bertz CT molecular complexity index is 827. The maximum absolute atomic E-state index is 12.4. The fourth-order valence-corrected chi connectivity index (χ4v) is 6.48. The summed E-state index contributed by atoms with van der Waals surface area (Å²) in [5.41, 5.74) is 0. The lowest BCUT2D eigenvalue weighted by Crippen LogP contribution is -2.31. The number of carbonyl (C=O) groups excluding carboxylic acids is 2. The Morgan fingerprint density at radius 2 is 0.840 bits per heavy atom. The van der Waals surface area contributed by atoms with Crippen LogP contribution in [-0.4, -0.2) is 31.3 Å². The number of ether oxygens (including phenoxy) is 2. The van der Waals surface area contributed by atoms with Gasteiger partial charge in [-0.25, -0.2) is 0 Å². The minimum Gasteiger partial charge on any atom is -0.790 e. The van der Waals surface area contributed by atoms with E-state index in [-0.39, 0.29) is 19.4 Å². The van der Waals surface area contributed by atoms with E-state index in [1.807, 2.05) is 0 Å². The summed E-state index contributed by atoms with van der Waals surface area (Å²) >= 11 is 0. The topological polar surface area (TPSA) is 125 Å². The number of carbonyl (C=O) groups is 2. The maximum atomic E-state index is 12.4. The Morgan fingerprint density at radius 1 is 0.500 bits per heavy atom. The lowest BCUT2D eigenvalue weighted by molar-refractivity contribution is -0.343. The Hall–Kier alpha value is -1.21. The second-order valence-corrected chi connectivity index (χ2v) is 15.4. The van der Waals surface area contributed by atoms with Crippen LogP contribution in [0.1, 0.15) is 219 Å². The van der Waals surface area contributed by atoms with Gasteiger partial charge in [-0.05, 0) is 38.5 Å². The van der Waals surface area contributed by atoms with Crippen LogP contribution >= 0.6 is 7.82 Å². The quantitative estimate of drug-likeness (QED) is 0.0265. The molecule has 0 rings (SSSR count). The van der Waals surface area contributed by atoms with Crippen molar-refractivity contribution in [2.75, 3.05) is 13.2 Å². The molecule has 0 aliphatic rings. The minimum absolute atomic E-state index is 0.185. The lowest BCUT2D eigenvalue weighted by Gasteiger charge is -2.30. The molecule has 0 saturated heterocycles. The average Bonchev–Trinajstić information content (AvgIpc) is 3.08. The van der Waals surface area contributed by atoms with Gasteiger partial charge in [0.05, 0.1) is 14.4 Å². The normalized spacial score (nSPS) is 12.5. The smallest absolute Gasteiger partial charge is 0.306 e. The molecule has 0 N–H and O–H groups in total. The van der Waals surface area contributed by atoms with Crippen LogP contribution in [0.25, 0.3) is 0 Å². The average molecular weight is 729 g/mol. The Kier molecular flexibility index (Phi) is 36.6. The van der Waals surface area contributed by atoms with Crippen LogP contribution in [0.2, 0.25) is 0 Å². The molecule has 0 bridgehead atoms. The summed E-state index contributed by atoms with van der Waals surface area (Å²) in [4.78, 5) is 46.5. The molecule has 0 fully saturated rings. The molecule has 0 saturated carbocycles. The number of hydrogen-bond acceptors (Lipinski definition) is 8. The van der Waals surface area contributed by atoms with Crippen LogP contribution in [0.3, 0.4) is 0 Å². The standard InChI is InChI=1S/C41H79O8P/c1-3-5-7-9-11-13-15-17-19-20-22-24-26-28-30-32-34-36-41(43)49-39(38-48-50(44,45)46)37-47-40(42)35-33-31-29-27-25-23-21-18-16-14-12-10-8-6-4-2/h18,21,39H,3-17,19-20,22-38H2,1-2H3,(H2,44,45,46)/p-2/b21-18-/t39-/m1/s1. The summed E-state index contributed by atoms with van der Waals surface area (Å²) in [6.45, 7) is 3.51. The molecule has 0 spiro atoms. The number of unbranched alkanes of at least 4 members (excludes halogenated alkanes) is 27. The number of allylic oxidation sites excluding steroid dienone is 2. The molecule has 0 aliphatic carbocycles. The first kappa shape index (κ1) is 48.8. The second kappa shape index (κ2) is 37.5. The van der Waals surface area contributed by atoms with Gasteiger partial charge in [-0.1, -0.05) is 180 Å². The third-order valence-electron chi connectivity index (χ3n) is 9.27. The molecule has 0 aliphatic heterocycles. The Labute approximate surface area is 307 Å². The number of esters is 2. The van der Waals surface area contributed by atoms with Crippen molar-refractivity contribution in [2.45, 2.75) is 225 Å². The first-order valence-electron chi connectivity index (χ1n) is 20.9. The fraction of sp³-hybridized carbons (Fsp3) is 0.902. The zero-order valence-corrected chi connectivity index (χ0v) is 33.4. The summed E-state index contributed by atoms with van der Waals surface area (Å²) < 4.78 is 25.8. The highest BCUT2D eigenvalue weighted by atomic mass is 31.2. The zero-order chi connectivity index (χ0) is 36.8. The second-order valence-electron chi connectivity index (χ2n) is 14.3. The van der Waals surface area contributed by atoms with Crippen molar-refractivity contribution in [2.24, 2.45) is 0 Å². The molecule has 8 nitrogen and oxygen atoms in total. The van der Waals surface area contributed by atoms with Gasteiger partial charge in [0.2, 0.25) is 0 Å². The van der Waals surface area contributed by atoms with Crippen molar-refractivity contribution in [3.8, 4) is 0 Å². The molecule has 9 heteroatoms. The summed E-state index contributed by atoms with van der Waals surface area (Å²) in [6, 6.07) is 0. The monoisotopic (exact) mass is 729 g/mol. The van der Waals surface area contributed by atoms with E-state index in [0.717, 1.165) is 51.4 Å². The molecule has 1 atom stereocenters. The molecular formula is C41H77O8P-2. The SMILES string of the molecule is CCCCCCCC/C=C\CCCCCCCC(=O)OC[C@H](COP(=O)([O-])[O-])OC(=O)CCCCCCCCCCCCCCCCCCC. The third-order valence-corrected chi connectivity index (χ3v) is 9.74. The molecule has 296 valence electrons. The highest BCUT2D eigenvalue weighted by molar-refractivity contribution is 7.43. The highest BCUT2D eigenvalue weighted by Gasteiger charge is 2.18. The Morgan fingerprint density at radius 3 is 1.22 bits per heavy atom. The predicted octanol–water partition coefficient (Wildman–Crippen LogP) is 11.4. The summed E-state index contributed by atoms with van der Waals surface area (Å²) in [5, 5.41) is 0. The summed E-state index contributed by atoms with van der Waals surface area (Å²) in [5.74, 6) is -0.955. The van der Waals surface area contributed by atoms with Gasteiger partial charge in [0.1, 0.15) is 6.61 Å². The number of hydrogen-bond donors (Lipinski definition) is 0.